The highest BCUT2D eigenvalue weighted by atomic mass is 16.5. The molecule has 0 unspecified atom stereocenters. The molecule has 1 atom stereocenters. The Balaban J connectivity index is 2.50. The molecule has 1 rings (SSSR count). The van der Waals surface area contributed by atoms with E-state index in [9.17, 15) is 0 Å². The van der Waals surface area contributed by atoms with Crippen molar-refractivity contribution in [3.8, 4) is 0 Å². The van der Waals surface area contributed by atoms with Crippen LogP contribution < -0.4 is 5.73 Å². The number of aromatic nitrogens is 2. The molecule has 16 heavy (non-hydrogen) atoms. The predicted octanol–water partition coefficient (Wildman–Crippen LogP) is 2.70. The smallest absolute Gasteiger partial charge is 0.243 e. The minimum absolute atomic E-state index is 0.125. The van der Waals surface area contributed by atoms with Crippen molar-refractivity contribution in [3.05, 3.63) is 11.7 Å². The number of rotatable bonds is 6. The lowest BCUT2D eigenvalue weighted by Gasteiger charge is -2.08. The molecule has 4 nitrogen and oxygen atoms in total. The minimum atomic E-state index is -0.125. The molecule has 0 saturated carbocycles. The van der Waals surface area contributed by atoms with E-state index in [2.05, 4.69) is 37.8 Å². The van der Waals surface area contributed by atoms with Crippen LogP contribution in [0.25, 0.3) is 0 Å². The Bertz CT molecular complexity index is 307. The number of hydrogen-bond acceptors (Lipinski definition) is 4. The maximum Gasteiger partial charge on any atom is 0.243 e. The molecule has 92 valence electrons. The van der Waals surface area contributed by atoms with Crippen molar-refractivity contribution in [1.82, 2.24) is 10.1 Å². The first-order chi connectivity index (χ1) is 7.49. The first-order valence-corrected chi connectivity index (χ1v) is 6.07. The van der Waals surface area contributed by atoms with Crippen molar-refractivity contribution in [3.63, 3.8) is 0 Å². The summed E-state index contributed by atoms with van der Waals surface area (Å²) in [4.78, 5) is 4.33. The van der Waals surface area contributed by atoms with Crippen molar-refractivity contribution >= 4 is 0 Å². The van der Waals surface area contributed by atoms with E-state index in [-0.39, 0.29) is 6.04 Å². The van der Waals surface area contributed by atoms with Crippen LogP contribution in [0.2, 0.25) is 0 Å². The Morgan fingerprint density at radius 3 is 2.44 bits per heavy atom. The quantitative estimate of drug-likeness (QED) is 0.808. The molecule has 0 aromatic carbocycles. The molecule has 1 aromatic rings. The Morgan fingerprint density at radius 1 is 1.19 bits per heavy atom. The fraction of sp³-hybridized carbons (Fsp3) is 0.833. The number of nitrogens with two attached hydrogens (primary N) is 1. The lowest BCUT2D eigenvalue weighted by atomic mass is 10.0. The topological polar surface area (TPSA) is 64.9 Å². The molecule has 4 heteroatoms. The van der Waals surface area contributed by atoms with Gasteiger partial charge < -0.3 is 10.3 Å². The van der Waals surface area contributed by atoms with Crippen molar-refractivity contribution < 1.29 is 4.52 Å². The second kappa shape index (κ2) is 5.99. The van der Waals surface area contributed by atoms with E-state index in [0.717, 1.165) is 25.1 Å². The number of nitrogens with zero attached hydrogens (tertiary/aromatic N) is 2. The second-order valence-electron chi connectivity index (χ2n) is 5.22. The summed E-state index contributed by atoms with van der Waals surface area (Å²) in [6.45, 7) is 8.64. The summed E-state index contributed by atoms with van der Waals surface area (Å²) >= 11 is 0. The standard InChI is InChI=1S/C12H23N3O/c1-8(2)5-6-11-14-12(16-15-11)10(13)7-9(3)4/h8-10H,5-7,13H2,1-4H3/t10-/m1/s1. The van der Waals surface area contributed by atoms with Crippen LogP contribution in [0, 0.1) is 11.8 Å². The van der Waals surface area contributed by atoms with Gasteiger partial charge in [0.05, 0.1) is 6.04 Å². The van der Waals surface area contributed by atoms with Gasteiger partial charge in [0.2, 0.25) is 5.89 Å². The molecule has 0 bridgehead atoms. The van der Waals surface area contributed by atoms with Crippen molar-refractivity contribution in [2.24, 2.45) is 17.6 Å². The zero-order valence-corrected chi connectivity index (χ0v) is 10.7. The fourth-order valence-corrected chi connectivity index (χ4v) is 1.55. The summed E-state index contributed by atoms with van der Waals surface area (Å²) in [7, 11) is 0. The molecule has 0 aliphatic rings. The first-order valence-electron chi connectivity index (χ1n) is 6.07. The summed E-state index contributed by atoms with van der Waals surface area (Å²) in [6.07, 6.45) is 2.83. The van der Waals surface area contributed by atoms with Gasteiger partial charge in [-0.2, -0.15) is 4.98 Å². The lowest BCUT2D eigenvalue weighted by molar-refractivity contribution is 0.332. The zero-order chi connectivity index (χ0) is 12.1. The summed E-state index contributed by atoms with van der Waals surface area (Å²) < 4.78 is 5.17. The van der Waals surface area contributed by atoms with Gasteiger partial charge in [-0.15, -0.1) is 0 Å². The Morgan fingerprint density at radius 2 is 1.88 bits per heavy atom. The molecule has 1 heterocycles. The molecule has 0 aliphatic carbocycles. The molecule has 0 saturated heterocycles. The predicted molar refractivity (Wildman–Crippen MR) is 63.8 cm³/mol. The van der Waals surface area contributed by atoms with Gasteiger partial charge in [-0.05, 0) is 24.7 Å². The third-order valence-corrected chi connectivity index (χ3v) is 2.47. The van der Waals surface area contributed by atoms with Gasteiger partial charge in [0, 0.05) is 6.42 Å². The van der Waals surface area contributed by atoms with E-state index < -0.39 is 0 Å². The van der Waals surface area contributed by atoms with Crippen LogP contribution >= 0.6 is 0 Å². The number of hydrogen-bond donors (Lipinski definition) is 1. The van der Waals surface area contributed by atoms with Gasteiger partial charge in [-0.25, -0.2) is 0 Å². The Hall–Kier alpha value is -0.900. The molecule has 0 amide bonds. The zero-order valence-electron chi connectivity index (χ0n) is 10.7. The van der Waals surface area contributed by atoms with E-state index in [1.54, 1.807) is 0 Å². The van der Waals surface area contributed by atoms with E-state index in [1.165, 1.54) is 0 Å². The van der Waals surface area contributed by atoms with Crippen LogP contribution in [-0.2, 0) is 6.42 Å². The molecular weight excluding hydrogens is 202 g/mol. The maximum atomic E-state index is 5.97. The average Bonchev–Trinajstić information content (AvgIpc) is 2.61. The summed E-state index contributed by atoms with van der Waals surface area (Å²) in [5.41, 5.74) is 5.97. The third kappa shape index (κ3) is 4.31. The van der Waals surface area contributed by atoms with Gasteiger partial charge in [-0.1, -0.05) is 32.9 Å². The monoisotopic (exact) mass is 225 g/mol. The minimum Gasteiger partial charge on any atom is -0.338 e. The molecule has 0 fully saturated rings. The maximum absolute atomic E-state index is 5.97. The fourth-order valence-electron chi connectivity index (χ4n) is 1.55. The van der Waals surface area contributed by atoms with Gasteiger partial charge in [0.25, 0.3) is 0 Å². The molecule has 0 aliphatic heterocycles. The van der Waals surface area contributed by atoms with E-state index in [0.29, 0.717) is 17.7 Å². The van der Waals surface area contributed by atoms with Gasteiger partial charge in [0.1, 0.15) is 0 Å². The van der Waals surface area contributed by atoms with Crippen molar-refractivity contribution in [2.75, 3.05) is 0 Å². The van der Waals surface area contributed by atoms with Crippen molar-refractivity contribution in [1.29, 1.82) is 0 Å². The molecule has 1 aromatic heterocycles. The van der Waals surface area contributed by atoms with Gasteiger partial charge >= 0.3 is 0 Å². The van der Waals surface area contributed by atoms with Gasteiger partial charge in [0.15, 0.2) is 5.82 Å². The van der Waals surface area contributed by atoms with Crippen LogP contribution in [0.3, 0.4) is 0 Å². The van der Waals surface area contributed by atoms with Crippen LogP contribution in [0.4, 0.5) is 0 Å². The second-order valence-corrected chi connectivity index (χ2v) is 5.22. The molecule has 0 spiro atoms. The van der Waals surface area contributed by atoms with Crippen molar-refractivity contribution in [2.45, 2.75) is 53.0 Å². The summed E-state index contributed by atoms with van der Waals surface area (Å²) in [6, 6.07) is -0.125. The Kier molecular flexibility index (Phi) is 4.93. The first kappa shape index (κ1) is 13.2. The van der Waals surface area contributed by atoms with E-state index in [1.807, 2.05) is 0 Å². The normalized spacial score (nSPS) is 13.7. The summed E-state index contributed by atoms with van der Waals surface area (Å²) in [5.74, 6) is 2.56. The van der Waals surface area contributed by atoms with Gasteiger partial charge in [-0.3, -0.25) is 0 Å². The highest BCUT2D eigenvalue weighted by molar-refractivity contribution is 4.92. The SMILES string of the molecule is CC(C)CCc1noc([C@H](N)CC(C)C)n1. The highest BCUT2D eigenvalue weighted by Crippen LogP contribution is 2.17. The van der Waals surface area contributed by atoms with E-state index in [4.69, 9.17) is 10.3 Å². The lowest BCUT2D eigenvalue weighted by Crippen LogP contribution is -2.13. The van der Waals surface area contributed by atoms with Crippen LogP contribution in [0.15, 0.2) is 4.52 Å². The molecule has 2 N–H and O–H groups in total. The highest BCUT2D eigenvalue weighted by Gasteiger charge is 2.15. The third-order valence-electron chi connectivity index (χ3n) is 2.47. The van der Waals surface area contributed by atoms with E-state index >= 15 is 0 Å². The van der Waals surface area contributed by atoms with Crippen LogP contribution in [0.5, 0.6) is 0 Å². The average molecular weight is 225 g/mol. The number of aryl methyl sites for hydroxylation is 1. The van der Waals surface area contributed by atoms with Crippen LogP contribution in [0.1, 0.15) is 58.3 Å². The largest absolute Gasteiger partial charge is 0.338 e. The molecule has 0 radical (unpaired) electrons. The van der Waals surface area contributed by atoms with Crippen LogP contribution in [-0.4, -0.2) is 10.1 Å². The summed E-state index contributed by atoms with van der Waals surface area (Å²) in [5, 5.41) is 3.95. The Labute approximate surface area is 97.6 Å². The molecular formula is C12H23N3O.